The lowest BCUT2D eigenvalue weighted by molar-refractivity contribution is 0.0786. The van der Waals surface area contributed by atoms with Gasteiger partial charge in [-0.1, -0.05) is 6.92 Å². The topological polar surface area (TPSA) is 78.0 Å². The highest BCUT2D eigenvalue weighted by Gasteiger charge is 2.29. The molecule has 24 heavy (non-hydrogen) atoms. The van der Waals surface area contributed by atoms with Gasteiger partial charge in [-0.25, -0.2) is 9.97 Å². The van der Waals surface area contributed by atoms with E-state index in [0.717, 1.165) is 68.1 Å². The standard InChI is InChI=1S/C17H22N6O/c1-2-12-9-18-17(19-10-12)23-8-5-13-14(11-23)20-21-15(13)16(24)22-6-3-4-7-22/h9-10H,2-8,11H2,1H3,(H,20,21). The van der Waals surface area contributed by atoms with E-state index in [4.69, 9.17) is 0 Å². The number of likely N-dealkylation sites (tertiary alicyclic amines) is 1. The summed E-state index contributed by atoms with van der Waals surface area (Å²) in [5.41, 5.74) is 3.81. The number of aryl methyl sites for hydroxylation is 1. The first-order valence-corrected chi connectivity index (χ1v) is 8.67. The SMILES string of the molecule is CCc1cnc(N2CCc3c(C(=O)N4CCCC4)n[nH]c3C2)nc1. The number of carbonyl (C=O) groups excluding carboxylic acids is 1. The Bertz CT molecular complexity index is 732. The van der Waals surface area contributed by atoms with Gasteiger partial charge in [0.05, 0.1) is 12.2 Å². The molecule has 0 aromatic carbocycles. The summed E-state index contributed by atoms with van der Waals surface area (Å²) in [5.74, 6) is 0.807. The predicted molar refractivity (Wildman–Crippen MR) is 89.9 cm³/mol. The Morgan fingerprint density at radius 3 is 2.67 bits per heavy atom. The number of hydrogen-bond acceptors (Lipinski definition) is 5. The number of H-pyrrole nitrogens is 1. The predicted octanol–water partition coefficient (Wildman–Crippen LogP) is 1.56. The molecule has 0 aliphatic carbocycles. The second-order valence-electron chi connectivity index (χ2n) is 6.45. The minimum Gasteiger partial charge on any atom is -0.337 e. The molecule has 4 heterocycles. The number of fused-ring (bicyclic) bond motifs is 1. The Hall–Kier alpha value is -2.44. The van der Waals surface area contributed by atoms with Gasteiger partial charge in [0.15, 0.2) is 5.69 Å². The fourth-order valence-corrected chi connectivity index (χ4v) is 3.43. The van der Waals surface area contributed by atoms with E-state index >= 15 is 0 Å². The molecule has 7 heteroatoms. The molecule has 1 fully saturated rings. The summed E-state index contributed by atoms with van der Waals surface area (Å²) in [6.07, 6.45) is 7.68. The van der Waals surface area contributed by atoms with Crippen molar-refractivity contribution in [1.29, 1.82) is 0 Å². The van der Waals surface area contributed by atoms with Gasteiger partial charge in [0.1, 0.15) is 0 Å². The lowest BCUT2D eigenvalue weighted by Crippen LogP contribution is -2.33. The molecule has 2 aromatic rings. The summed E-state index contributed by atoms with van der Waals surface area (Å²) in [5, 5.41) is 7.37. The molecular formula is C17H22N6O. The second-order valence-corrected chi connectivity index (χ2v) is 6.45. The Labute approximate surface area is 141 Å². The van der Waals surface area contributed by atoms with Gasteiger partial charge in [0.25, 0.3) is 5.91 Å². The molecule has 0 unspecified atom stereocenters. The van der Waals surface area contributed by atoms with Crippen LogP contribution >= 0.6 is 0 Å². The summed E-state index contributed by atoms with van der Waals surface area (Å²) in [6, 6.07) is 0. The van der Waals surface area contributed by atoms with Crippen molar-refractivity contribution < 1.29 is 4.79 Å². The number of rotatable bonds is 3. The third-order valence-electron chi connectivity index (χ3n) is 4.91. The number of amides is 1. The molecule has 0 bridgehead atoms. The zero-order valence-corrected chi connectivity index (χ0v) is 14.0. The molecule has 126 valence electrons. The average Bonchev–Trinajstić information content (AvgIpc) is 3.30. The average molecular weight is 326 g/mol. The fraction of sp³-hybridized carbons (Fsp3) is 0.529. The highest BCUT2D eigenvalue weighted by Crippen LogP contribution is 2.24. The maximum Gasteiger partial charge on any atom is 0.274 e. The van der Waals surface area contributed by atoms with Crippen LogP contribution in [0, 0.1) is 0 Å². The van der Waals surface area contributed by atoms with Crippen LogP contribution in [0.3, 0.4) is 0 Å². The first kappa shape index (κ1) is 15.1. The van der Waals surface area contributed by atoms with Crippen molar-refractivity contribution >= 4 is 11.9 Å². The van der Waals surface area contributed by atoms with Crippen molar-refractivity contribution in [3.8, 4) is 0 Å². The first-order valence-electron chi connectivity index (χ1n) is 8.67. The summed E-state index contributed by atoms with van der Waals surface area (Å²) in [6.45, 7) is 5.27. The van der Waals surface area contributed by atoms with Gasteiger partial charge in [-0.2, -0.15) is 5.10 Å². The van der Waals surface area contributed by atoms with Gasteiger partial charge in [0, 0.05) is 37.6 Å². The van der Waals surface area contributed by atoms with Gasteiger partial charge in [0.2, 0.25) is 5.95 Å². The fourth-order valence-electron chi connectivity index (χ4n) is 3.43. The van der Waals surface area contributed by atoms with Gasteiger partial charge in [-0.05, 0) is 31.2 Å². The van der Waals surface area contributed by atoms with Gasteiger partial charge >= 0.3 is 0 Å². The van der Waals surface area contributed by atoms with Crippen LogP contribution in [-0.4, -0.2) is 50.6 Å². The van der Waals surface area contributed by atoms with E-state index in [-0.39, 0.29) is 5.91 Å². The van der Waals surface area contributed by atoms with Crippen LogP contribution in [0.5, 0.6) is 0 Å². The largest absolute Gasteiger partial charge is 0.337 e. The first-order chi connectivity index (χ1) is 11.8. The summed E-state index contributed by atoms with van der Waals surface area (Å²) in [4.78, 5) is 25.6. The highest BCUT2D eigenvalue weighted by atomic mass is 16.2. The zero-order chi connectivity index (χ0) is 16.5. The van der Waals surface area contributed by atoms with Crippen LogP contribution in [0.1, 0.15) is 47.1 Å². The highest BCUT2D eigenvalue weighted by molar-refractivity contribution is 5.94. The molecule has 0 radical (unpaired) electrons. The Morgan fingerprint density at radius 1 is 1.21 bits per heavy atom. The van der Waals surface area contributed by atoms with Crippen molar-refractivity contribution in [2.75, 3.05) is 24.5 Å². The minimum atomic E-state index is 0.0713. The van der Waals surface area contributed by atoms with Crippen LogP contribution < -0.4 is 4.90 Å². The molecular weight excluding hydrogens is 304 g/mol. The van der Waals surface area contributed by atoms with Gasteiger partial charge < -0.3 is 9.80 Å². The van der Waals surface area contributed by atoms with E-state index in [1.165, 1.54) is 0 Å². The Balaban J connectivity index is 1.52. The van der Waals surface area contributed by atoms with Crippen LogP contribution in [0.4, 0.5) is 5.95 Å². The van der Waals surface area contributed by atoms with Crippen molar-refractivity contribution in [1.82, 2.24) is 25.1 Å². The molecule has 2 aliphatic rings. The van der Waals surface area contributed by atoms with Crippen LogP contribution in [0.15, 0.2) is 12.4 Å². The van der Waals surface area contributed by atoms with Crippen molar-refractivity contribution in [2.45, 2.75) is 39.2 Å². The van der Waals surface area contributed by atoms with E-state index in [1.807, 2.05) is 17.3 Å². The molecule has 0 saturated carbocycles. The van der Waals surface area contributed by atoms with E-state index in [2.05, 4.69) is 32.0 Å². The number of aromatic amines is 1. The zero-order valence-electron chi connectivity index (χ0n) is 14.0. The molecule has 4 rings (SSSR count). The smallest absolute Gasteiger partial charge is 0.274 e. The van der Waals surface area contributed by atoms with Gasteiger partial charge in [-0.15, -0.1) is 0 Å². The lowest BCUT2D eigenvalue weighted by atomic mass is 10.0. The van der Waals surface area contributed by atoms with Crippen molar-refractivity contribution in [3.63, 3.8) is 0 Å². The van der Waals surface area contributed by atoms with Crippen LogP contribution in [-0.2, 0) is 19.4 Å². The molecule has 0 spiro atoms. The lowest BCUT2D eigenvalue weighted by Gasteiger charge is -2.27. The van der Waals surface area contributed by atoms with Gasteiger partial charge in [-0.3, -0.25) is 9.89 Å². The summed E-state index contributed by atoms with van der Waals surface area (Å²) in [7, 11) is 0. The molecule has 1 N–H and O–H groups in total. The number of nitrogens with zero attached hydrogens (tertiary/aromatic N) is 5. The van der Waals surface area contributed by atoms with Crippen molar-refractivity contribution in [2.24, 2.45) is 0 Å². The maximum absolute atomic E-state index is 12.6. The van der Waals surface area contributed by atoms with Crippen LogP contribution in [0.2, 0.25) is 0 Å². The monoisotopic (exact) mass is 326 g/mol. The summed E-state index contributed by atoms with van der Waals surface area (Å²) < 4.78 is 0. The quantitative estimate of drug-likeness (QED) is 0.926. The minimum absolute atomic E-state index is 0.0713. The second kappa shape index (κ2) is 6.22. The number of anilines is 1. The number of hydrogen-bond donors (Lipinski definition) is 1. The number of aromatic nitrogens is 4. The Morgan fingerprint density at radius 2 is 1.96 bits per heavy atom. The van der Waals surface area contributed by atoms with E-state index in [0.29, 0.717) is 12.2 Å². The van der Waals surface area contributed by atoms with Crippen LogP contribution in [0.25, 0.3) is 0 Å². The molecule has 0 atom stereocenters. The maximum atomic E-state index is 12.6. The Kier molecular flexibility index (Phi) is 3.92. The summed E-state index contributed by atoms with van der Waals surface area (Å²) >= 11 is 0. The number of nitrogens with one attached hydrogen (secondary N) is 1. The van der Waals surface area contributed by atoms with Crippen molar-refractivity contribution in [3.05, 3.63) is 34.9 Å². The van der Waals surface area contributed by atoms with E-state index < -0.39 is 0 Å². The number of carbonyl (C=O) groups is 1. The molecule has 7 nitrogen and oxygen atoms in total. The molecule has 2 aliphatic heterocycles. The normalized spacial score (nSPS) is 17.2. The third kappa shape index (κ3) is 2.64. The van der Waals surface area contributed by atoms with E-state index in [9.17, 15) is 4.79 Å². The molecule has 1 amide bonds. The van der Waals surface area contributed by atoms with E-state index in [1.54, 1.807) is 0 Å². The third-order valence-corrected chi connectivity index (χ3v) is 4.91. The molecule has 1 saturated heterocycles. The molecule has 2 aromatic heterocycles.